The minimum atomic E-state index is -4.15. The van der Waals surface area contributed by atoms with Crippen LogP contribution in [0.15, 0.2) is 24.3 Å². The van der Waals surface area contributed by atoms with Crippen LogP contribution in [0.2, 0.25) is 0 Å². The molecular weight excluding hydrogens is 253 g/mol. The molecule has 0 amide bonds. The van der Waals surface area contributed by atoms with Gasteiger partial charge >= 0.3 is 6.18 Å². The predicted molar refractivity (Wildman–Crippen MR) is 72.4 cm³/mol. The second-order valence-electron chi connectivity index (χ2n) is 4.92. The van der Waals surface area contributed by atoms with Gasteiger partial charge in [-0.15, -0.1) is 0 Å². The summed E-state index contributed by atoms with van der Waals surface area (Å²) in [5.74, 6) is 0. The molecule has 0 atom stereocenters. The van der Waals surface area contributed by atoms with Crippen molar-refractivity contribution in [1.29, 1.82) is 0 Å². The minimum Gasteiger partial charge on any atom is -0.384 e. The lowest BCUT2D eigenvalue weighted by molar-refractivity contribution is -0.149. The number of para-hydroxylation sites is 1. The van der Waals surface area contributed by atoms with E-state index in [9.17, 15) is 13.2 Å². The van der Waals surface area contributed by atoms with Gasteiger partial charge in [-0.1, -0.05) is 18.2 Å². The largest absolute Gasteiger partial charge is 0.401 e. The number of halogens is 3. The van der Waals surface area contributed by atoms with Gasteiger partial charge in [0.05, 0.1) is 6.54 Å². The summed E-state index contributed by atoms with van der Waals surface area (Å²) < 4.78 is 37.3. The number of hydrogen-bond acceptors (Lipinski definition) is 2. The lowest BCUT2D eigenvalue weighted by Crippen LogP contribution is -2.41. The molecule has 0 bridgehead atoms. The fraction of sp³-hybridized carbons (Fsp3) is 0.571. The Hall–Kier alpha value is -1.23. The Kier molecular flexibility index (Phi) is 5.66. The van der Waals surface area contributed by atoms with Crippen LogP contribution in [0.25, 0.3) is 0 Å². The quantitative estimate of drug-likeness (QED) is 0.851. The summed E-state index contributed by atoms with van der Waals surface area (Å²) in [7, 11) is 0. The molecule has 108 valence electrons. The molecule has 0 aromatic heterocycles. The van der Waals surface area contributed by atoms with Crippen molar-refractivity contribution in [3.63, 3.8) is 0 Å². The van der Waals surface area contributed by atoms with Crippen molar-refractivity contribution < 1.29 is 13.2 Å². The van der Waals surface area contributed by atoms with Crippen molar-refractivity contribution in [1.82, 2.24) is 4.90 Å². The molecule has 0 fully saturated rings. The number of nitrogens with one attached hydrogen (secondary N) is 1. The zero-order chi connectivity index (χ0) is 14.5. The Morgan fingerprint density at radius 3 is 2.37 bits per heavy atom. The molecule has 0 spiro atoms. The zero-order valence-electron chi connectivity index (χ0n) is 11.6. The third-order valence-electron chi connectivity index (χ3n) is 2.97. The Morgan fingerprint density at radius 2 is 1.84 bits per heavy atom. The Labute approximate surface area is 112 Å². The van der Waals surface area contributed by atoms with E-state index in [1.807, 2.05) is 31.2 Å². The summed E-state index contributed by atoms with van der Waals surface area (Å²) in [6, 6.07) is 7.62. The first-order valence-electron chi connectivity index (χ1n) is 6.40. The van der Waals surface area contributed by atoms with E-state index in [0.29, 0.717) is 13.1 Å². The molecule has 0 aliphatic rings. The maximum Gasteiger partial charge on any atom is 0.401 e. The molecule has 1 aromatic rings. The van der Waals surface area contributed by atoms with Gasteiger partial charge in [0.1, 0.15) is 0 Å². The highest BCUT2D eigenvalue weighted by atomic mass is 19.4. The van der Waals surface area contributed by atoms with Crippen LogP contribution >= 0.6 is 0 Å². The third kappa shape index (κ3) is 5.96. The van der Waals surface area contributed by atoms with Gasteiger partial charge in [0.2, 0.25) is 0 Å². The van der Waals surface area contributed by atoms with Gasteiger partial charge in [0, 0.05) is 24.8 Å². The minimum absolute atomic E-state index is 0.125. The molecule has 0 saturated carbocycles. The number of anilines is 1. The van der Waals surface area contributed by atoms with E-state index >= 15 is 0 Å². The lowest BCUT2D eigenvalue weighted by atomic mass is 10.2. The van der Waals surface area contributed by atoms with Crippen LogP contribution in [0.1, 0.15) is 19.4 Å². The van der Waals surface area contributed by atoms with Crippen molar-refractivity contribution >= 4 is 5.69 Å². The van der Waals surface area contributed by atoms with Crippen LogP contribution in [0.3, 0.4) is 0 Å². The number of alkyl halides is 3. The maximum absolute atomic E-state index is 12.4. The van der Waals surface area contributed by atoms with Crippen molar-refractivity contribution in [2.75, 3.05) is 25.0 Å². The van der Waals surface area contributed by atoms with Gasteiger partial charge in [-0.2, -0.15) is 13.2 Å². The average molecular weight is 274 g/mol. The summed E-state index contributed by atoms with van der Waals surface area (Å²) >= 11 is 0. The van der Waals surface area contributed by atoms with Gasteiger partial charge in [-0.3, -0.25) is 4.90 Å². The molecule has 5 heteroatoms. The summed E-state index contributed by atoms with van der Waals surface area (Å²) in [5.41, 5.74) is 2.06. The molecule has 19 heavy (non-hydrogen) atoms. The molecule has 0 aliphatic heterocycles. The number of rotatable bonds is 6. The second-order valence-corrected chi connectivity index (χ2v) is 4.92. The number of aryl methyl sites for hydroxylation is 1. The summed E-state index contributed by atoms with van der Waals surface area (Å²) in [6.45, 7) is 5.53. The highest BCUT2D eigenvalue weighted by Crippen LogP contribution is 2.18. The SMILES string of the molecule is Cc1ccccc1NCCN(CC(F)(F)F)C(C)C. The van der Waals surface area contributed by atoms with E-state index in [4.69, 9.17) is 0 Å². The van der Waals surface area contributed by atoms with Gasteiger partial charge in [-0.25, -0.2) is 0 Å². The van der Waals surface area contributed by atoms with E-state index in [1.165, 1.54) is 4.90 Å². The zero-order valence-corrected chi connectivity index (χ0v) is 11.6. The molecule has 0 radical (unpaired) electrons. The first-order chi connectivity index (χ1) is 8.79. The first kappa shape index (κ1) is 15.8. The van der Waals surface area contributed by atoms with E-state index in [-0.39, 0.29) is 6.04 Å². The van der Waals surface area contributed by atoms with Crippen molar-refractivity contribution in [2.45, 2.75) is 33.0 Å². The number of hydrogen-bond donors (Lipinski definition) is 1. The monoisotopic (exact) mass is 274 g/mol. The Bertz CT molecular complexity index is 389. The number of benzene rings is 1. The average Bonchev–Trinajstić information content (AvgIpc) is 2.28. The van der Waals surface area contributed by atoms with E-state index in [2.05, 4.69) is 5.32 Å². The topological polar surface area (TPSA) is 15.3 Å². The third-order valence-corrected chi connectivity index (χ3v) is 2.97. The Morgan fingerprint density at radius 1 is 1.21 bits per heavy atom. The summed E-state index contributed by atoms with van der Waals surface area (Å²) in [6.07, 6.45) is -4.15. The highest BCUT2D eigenvalue weighted by Gasteiger charge is 2.31. The van der Waals surface area contributed by atoms with Gasteiger partial charge in [-0.05, 0) is 32.4 Å². The van der Waals surface area contributed by atoms with Crippen LogP contribution < -0.4 is 5.32 Å². The lowest BCUT2D eigenvalue weighted by Gasteiger charge is -2.27. The van der Waals surface area contributed by atoms with Crippen molar-refractivity contribution in [2.24, 2.45) is 0 Å². The van der Waals surface area contributed by atoms with Crippen LogP contribution in [0, 0.1) is 6.92 Å². The molecule has 0 saturated heterocycles. The smallest absolute Gasteiger partial charge is 0.384 e. The van der Waals surface area contributed by atoms with Gasteiger partial charge in [0.15, 0.2) is 0 Å². The molecule has 1 N–H and O–H groups in total. The Balaban J connectivity index is 2.47. The van der Waals surface area contributed by atoms with E-state index < -0.39 is 12.7 Å². The normalized spacial score (nSPS) is 12.2. The summed E-state index contributed by atoms with van der Waals surface area (Å²) in [4.78, 5) is 1.42. The van der Waals surface area contributed by atoms with Crippen LogP contribution in [0.4, 0.5) is 18.9 Å². The molecule has 0 heterocycles. The maximum atomic E-state index is 12.4. The van der Waals surface area contributed by atoms with Crippen molar-refractivity contribution in [3.05, 3.63) is 29.8 Å². The van der Waals surface area contributed by atoms with Crippen LogP contribution in [0.5, 0.6) is 0 Å². The second kappa shape index (κ2) is 6.80. The molecule has 1 rings (SSSR count). The van der Waals surface area contributed by atoms with E-state index in [0.717, 1.165) is 11.3 Å². The standard InChI is InChI=1S/C14H21F3N2/c1-11(2)19(10-14(15,16)17)9-8-18-13-7-5-4-6-12(13)3/h4-7,11,18H,8-10H2,1-3H3. The molecule has 0 aliphatic carbocycles. The molecule has 2 nitrogen and oxygen atoms in total. The highest BCUT2D eigenvalue weighted by molar-refractivity contribution is 5.50. The van der Waals surface area contributed by atoms with Crippen LogP contribution in [-0.4, -0.2) is 36.8 Å². The fourth-order valence-corrected chi connectivity index (χ4v) is 1.86. The summed E-state index contributed by atoms with van der Waals surface area (Å²) in [5, 5.41) is 3.18. The van der Waals surface area contributed by atoms with Gasteiger partial charge in [0.25, 0.3) is 0 Å². The van der Waals surface area contributed by atoms with Crippen LogP contribution in [-0.2, 0) is 0 Å². The molecule has 1 aromatic carbocycles. The predicted octanol–water partition coefficient (Wildman–Crippen LogP) is 3.68. The molecule has 0 unspecified atom stereocenters. The fourth-order valence-electron chi connectivity index (χ4n) is 1.86. The molecular formula is C14H21F3N2. The van der Waals surface area contributed by atoms with Crippen molar-refractivity contribution in [3.8, 4) is 0 Å². The van der Waals surface area contributed by atoms with E-state index in [1.54, 1.807) is 13.8 Å². The number of nitrogens with zero attached hydrogens (tertiary/aromatic N) is 1. The van der Waals surface area contributed by atoms with Gasteiger partial charge < -0.3 is 5.32 Å². The first-order valence-corrected chi connectivity index (χ1v) is 6.40.